The van der Waals surface area contributed by atoms with Crippen LogP contribution in [0.1, 0.15) is 49.6 Å². The Hall–Kier alpha value is -4.39. The van der Waals surface area contributed by atoms with E-state index in [-0.39, 0.29) is 5.97 Å². The Balaban J connectivity index is 1.29. The number of anilines is 1. The van der Waals surface area contributed by atoms with Crippen molar-refractivity contribution >= 4 is 17.7 Å². The number of hydrogen-bond donors (Lipinski definition) is 1. The van der Waals surface area contributed by atoms with Gasteiger partial charge in [0.15, 0.2) is 5.76 Å². The Kier molecular flexibility index (Phi) is 7.01. The molecule has 1 amide bonds. The van der Waals surface area contributed by atoms with Crippen LogP contribution in [0.25, 0.3) is 22.5 Å². The molecule has 1 N–H and O–H groups in total. The van der Waals surface area contributed by atoms with Crippen LogP contribution in [0.2, 0.25) is 0 Å². The monoisotopic (exact) mass is 510 g/mol. The van der Waals surface area contributed by atoms with E-state index < -0.39 is 17.6 Å². The topological polar surface area (TPSA) is 90.7 Å². The zero-order valence-electron chi connectivity index (χ0n) is 21.7. The van der Waals surface area contributed by atoms with Gasteiger partial charge in [-0.3, -0.25) is 10.1 Å². The van der Waals surface area contributed by atoms with Gasteiger partial charge in [0.25, 0.3) is 0 Å². The fraction of sp³-hybridized carbons (Fsp3) is 0.258. The lowest BCUT2D eigenvalue weighted by atomic mass is 9.93. The Morgan fingerprint density at radius 3 is 2.16 bits per heavy atom. The van der Waals surface area contributed by atoms with Gasteiger partial charge in [-0.15, -0.1) is 0 Å². The molecular formula is C31H30N2O5. The molecule has 1 saturated carbocycles. The minimum Gasteiger partial charge on any atom is -0.465 e. The maximum Gasteiger partial charge on any atom is 0.412 e. The number of aryl methyl sites for hydroxylation is 1. The smallest absolute Gasteiger partial charge is 0.412 e. The first-order chi connectivity index (χ1) is 18.4. The maximum absolute atomic E-state index is 12.6. The Morgan fingerprint density at radius 2 is 1.55 bits per heavy atom. The van der Waals surface area contributed by atoms with Crippen LogP contribution in [0.5, 0.6) is 0 Å². The van der Waals surface area contributed by atoms with E-state index in [1.807, 2.05) is 92.7 Å². The van der Waals surface area contributed by atoms with Crippen molar-refractivity contribution in [2.45, 2.75) is 45.1 Å². The second-order valence-corrected chi connectivity index (χ2v) is 9.51. The van der Waals surface area contributed by atoms with Crippen molar-refractivity contribution in [2.75, 3.05) is 11.9 Å². The zero-order valence-corrected chi connectivity index (χ0v) is 21.7. The van der Waals surface area contributed by atoms with Crippen LogP contribution < -0.4 is 5.32 Å². The molecule has 0 aliphatic heterocycles. The van der Waals surface area contributed by atoms with Gasteiger partial charge in [-0.25, -0.2) is 4.79 Å². The van der Waals surface area contributed by atoms with E-state index in [1.165, 1.54) is 0 Å². The molecule has 0 saturated heterocycles. The van der Waals surface area contributed by atoms with Crippen molar-refractivity contribution in [3.63, 3.8) is 0 Å². The van der Waals surface area contributed by atoms with Crippen molar-refractivity contribution in [2.24, 2.45) is 0 Å². The largest absolute Gasteiger partial charge is 0.465 e. The van der Waals surface area contributed by atoms with E-state index in [2.05, 4.69) is 10.5 Å². The zero-order chi connectivity index (χ0) is 26.7. The van der Waals surface area contributed by atoms with Crippen LogP contribution in [0.15, 0.2) is 83.4 Å². The van der Waals surface area contributed by atoms with Gasteiger partial charge in [-0.1, -0.05) is 84.0 Å². The van der Waals surface area contributed by atoms with E-state index in [0.717, 1.165) is 40.7 Å². The average molecular weight is 511 g/mol. The Morgan fingerprint density at radius 1 is 0.947 bits per heavy atom. The molecule has 1 fully saturated rings. The van der Waals surface area contributed by atoms with Crippen LogP contribution in [-0.2, 0) is 19.7 Å². The molecule has 1 unspecified atom stereocenters. The van der Waals surface area contributed by atoms with E-state index in [1.54, 1.807) is 6.92 Å². The summed E-state index contributed by atoms with van der Waals surface area (Å²) >= 11 is 0. The average Bonchev–Trinajstić information content (AvgIpc) is 3.68. The van der Waals surface area contributed by atoms with Crippen molar-refractivity contribution in [1.29, 1.82) is 0 Å². The highest BCUT2D eigenvalue weighted by Gasteiger charge is 2.52. The highest BCUT2D eigenvalue weighted by atomic mass is 16.6. The second kappa shape index (κ2) is 10.5. The highest BCUT2D eigenvalue weighted by molar-refractivity contribution is 5.91. The lowest BCUT2D eigenvalue weighted by Crippen LogP contribution is -2.23. The maximum atomic E-state index is 12.6. The fourth-order valence-electron chi connectivity index (χ4n) is 4.60. The van der Waals surface area contributed by atoms with Crippen LogP contribution in [0.3, 0.4) is 0 Å². The lowest BCUT2D eigenvalue weighted by molar-refractivity contribution is -0.146. The molecule has 1 aliphatic rings. The van der Waals surface area contributed by atoms with Gasteiger partial charge >= 0.3 is 12.1 Å². The van der Waals surface area contributed by atoms with Gasteiger partial charge in [-0.2, -0.15) is 0 Å². The summed E-state index contributed by atoms with van der Waals surface area (Å²) in [4.78, 5) is 25.0. The second-order valence-electron chi connectivity index (χ2n) is 9.51. The summed E-state index contributed by atoms with van der Waals surface area (Å²) < 4.78 is 16.4. The quantitative estimate of drug-likeness (QED) is 0.252. The number of nitrogens with zero attached hydrogens (tertiary/aromatic N) is 1. The molecule has 1 heterocycles. The van der Waals surface area contributed by atoms with Crippen LogP contribution in [-0.4, -0.2) is 23.8 Å². The minimum absolute atomic E-state index is 0.137. The highest BCUT2D eigenvalue weighted by Crippen LogP contribution is 2.49. The number of aromatic nitrogens is 1. The third kappa shape index (κ3) is 5.05. The number of carbonyl (C=O) groups excluding carboxylic acids is 2. The predicted molar refractivity (Wildman–Crippen MR) is 145 cm³/mol. The first kappa shape index (κ1) is 25.3. The number of nitrogens with one attached hydrogen (secondary N) is 1. The molecule has 7 nitrogen and oxygen atoms in total. The first-order valence-corrected chi connectivity index (χ1v) is 12.8. The van der Waals surface area contributed by atoms with Crippen molar-refractivity contribution in [3.8, 4) is 22.5 Å². The van der Waals surface area contributed by atoms with Gasteiger partial charge in [0.2, 0.25) is 0 Å². The fourth-order valence-corrected chi connectivity index (χ4v) is 4.60. The number of amides is 1. The number of benzene rings is 3. The van der Waals surface area contributed by atoms with Crippen molar-refractivity contribution in [3.05, 3.63) is 95.7 Å². The number of carbonyl (C=O) groups is 2. The van der Waals surface area contributed by atoms with E-state index in [0.29, 0.717) is 23.7 Å². The Labute approximate surface area is 221 Å². The molecule has 38 heavy (non-hydrogen) atoms. The number of esters is 1. The van der Waals surface area contributed by atoms with Gasteiger partial charge in [-0.05, 0) is 55.9 Å². The lowest BCUT2D eigenvalue weighted by Gasteiger charge is -2.15. The summed E-state index contributed by atoms with van der Waals surface area (Å²) in [6, 6.07) is 25.4. The summed E-state index contributed by atoms with van der Waals surface area (Å²) in [6.07, 6.45) is 0.663. The molecule has 1 aliphatic carbocycles. The minimum atomic E-state index is -0.582. The van der Waals surface area contributed by atoms with Crippen molar-refractivity contribution < 1.29 is 23.6 Å². The van der Waals surface area contributed by atoms with Crippen LogP contribution >= 0.6 is 0 Å². The van der Waals surface area contributed by atoms with E-state index >= 15 is 0 Å². The summed E-state index contributed by atoms with van der Waals surface area (Å²) in [5.41, 5.74) is 5.27. The SMILES string of the molecule is CCOC(=O)C1(c2ccc(-c3ccc(-c4onc(C)c4NC(=O)OC(C)c4ccccc4)cc3)cc2)CC1. The molecule has 1 atom stereocenters. The van der Waals surface area contributed by atoms with Gasteiger partial charge in [0, 0.05) is 5.56 Å². The molecule has 0 bridgehead atoms. The summed E-state index contributed by atoms with van der Waals surface area (Å²) in [7, 11) is 0. The molecule has 7 heteroatoms. The molecule has 0 spiro atoms. The number of ether oxygens (including phenoxy) is 2. The summed E-state index contributed by atoms with van der Waals surface area (Å²) in [5.74, 6) is 0.320. The van der Waals surface area contributed by atoms with Crippen molar-refractivity contribution in [1.82, 2.24) is 5.16 Å². The molecule has 194 valence electrons. The van der Waals surface area contributed by atoms with E-state index in [9.17, 15) is 9.59 Å². The first-order valence-electron chi connectivity index (χ1n) is 12.8. The van der Waals surface area contributed by atoms with Crippen LogP contribution in [0, 0.1) is 6.92 Å². The third-order valence-electron chi connectivity index (χ3n) is 6.98. The van der Waals surface area contributed by atoms with E-state index in [4.69, 9.17) is 14.0 Å². The summed E-state index contributed by atoms with van der Waals surface area (Å²) in [6.45, 7) is 5.81. The summed E-state index contributed by atoms with van der Waals surface area (Å²) in [5, 5.41) is 6.84. The molecule has 0 radical (unpaired) electrons. The molecule has 3 aromatic carbocycles. The molecule has 4 aromatic rings. The van der Waals surface area contributed by atoms with Gasteiger partial charge in [0.05, 0.1) is 12.0 Å². The molecule has 1 aromatic heterocycles. The normalized spacial score (nSPS) is 14.4. The third-order valence-corrected chi connectivity index (χ3v) is 6.98. The van der Waals surface area contributed by atoms with Gasteiger partial charge < -0.3 is 14.0 Å². The number of rotatable bonds is 8. The van der Waals surface area contributed by atoms with Crippen LogP contribution in [0.4, 0.5) is 10.5 Å². The molecular weight excluding hydrogens is 480 g/mol. The standard InChI is InChI=1S/C31H30N2O5/c1-4-36-29(34)31(18-19-31)26-16-14-24(15-17-26)23-10-12-25(13-11-23)28-27(20(2)33-38-28)32-30(35)37-21(3)22-8-6-5-7-9-22/h5-17,21H,4,18-19H2,1-3H3,(H,32,35). The Bertz CT molecular complexity index is 1420. The van der Waals surface area contributed by atoms with Gasteiger partial charge in [0.1, 0.15) is 17.5 Å². The number of hydrogen-bond acceptors (Lipinski definition) is 6. The predicted octanol–water partition coefficient (Wildman–Crippen LogP) is 7.22. The molecule has 5 rings (SSSR count).